The molecule has 0 amide bonds. The van der Waals surface area contributed by atoms with Crippen molar-refractivity contribution in [2.75, 3.05) is 6.61 Å². The molecule has 0 radical (unpaired) electrons. The number of hydrogen-bond acceptors (Lipinski definition) is 3. The van der Waals surface area contributed by atoms with E-state index in [1.54, 1.807) is 11.5 Å². The second kappa shape index (κ2) is 6.60. The highest BCUT2D eigenvalue weighted by atomic mass is 16.5. The van der Waals surface area contributed by atoms with Crippen molar-refractivity contribution in [2.45, 2.75) is 27.2 Å². The Balaban J connectivity index is 2.37. The summed E-state index contributed by atoms with van der Waals surface area (Å²) in [6.45, 7) is 5.95. The van der Waals surface area contributed by atoms with Crippen LogP contribution in [0.2, 0.25) is 0 Å². The van der Waals surface area contributed by atoms with Crippen molar-refractivity contribution in [2.24, 2.45) is 7.05 Å². The van der Waals surface area contributed by atoms with Gasteiger partial charge in [0.05, 0.1) is 18.7 Å². The number of ketones is 1. The molecule has 0 saturated heterocycles. The van der Waals surface area contributed by atoms with Crippen LogP contribution in [-0.2, 0) is 23.0 Å². The van der Waals surface area contributed by atoms with E-state index in [2.05, 4.69) is 0 Å². The number of benzene rings is 1. The van der Waals surface area contributed by atoms with E-state index in [0.717, 1.165) is 16.8 Å². The van der Waals surface area contributed by atoms with Crippen molar-refractivity contribution in [3.63, 3.8) is 0 Å². The Labute approximate surface area is 130 Å². The fourth-order valence-electron chi connectivity index (χ4n) is 2.64. The minimum atomic E-state index is -0.280. The average Bonchev–Trinajstić information content (AvgIpc) is 2.73. The molecule has 1 aromatic heterocycles. The van der Waals surface area contributed by atoms with E-state index in [4.69, 9.17) is 4.74 Å². The molecule has 0 aliphatic carbocycles. The Morgan fingerprint density at radius 3 is 2.45 bits per heavy atom. The van der Waals surface area contributed by atoms with Gasteiger partial charge in [0.25, 0.3) is 0 Å². The first-order valence-electron chi connectivity index (χ1n) is 7.36. The van der Waals surface area contributed by atoms with Crippen LogP contribution in [0.1, 0.15) is 39.8 Å². The number of rotatable bonds is 5. The third kappa shape index (κ3) is 3.11. The van der Waals surface area contributed by atoms with Crippen LogP contribution in [-0.4, -0.2) is 22.9 Å². The normalized spacial score (nSPS) is 10.5. The summed E-state index contributed by atoms with van der Waals surface area (Å²) in [6.07, 6.45) is 0.173. The minimum absolute atomic E-state index is 0.0202. The maximum absolute atomic E-state index is 12.8. The van der Waals surface area contributed by atoms with Gasteiger partial charge in [-0.3, -0.25) is 9.59 Å². The molecule has 2 rings (SSSR count). The monoisotopic (exact) mass is 299 g/mol. The number of aromatic nitrogens is 1. The van der Waals surface area contributed by atoms with Crippen LogP contribution >= 0.6 is 0 Å². The summed E-state index contributed by atoms with van der Waals surface area (Å²) in [5.41, 5.74) is 3.91. The van der Waals surface area contributed by atoms with Crippen molar-refractivity contribution >= 4 is 11.8 Å². The van der Waals surface area contributed by atoms with E-state index < -0.39 is 0 Å². The largest absolute Gasteiger partial charge is 0.466 e. The van der Waals surface area contributed by atoms with Crippen molar-refractivity contribution in [3.8, 4) is 0 Å². The molecule has 0 aliphatic heterocycles. The Bertz CT molecular complexity index is 713. The van der Waals surface area contributed by atoms with Crippen LogP contribution in [0.25, 0.3) is 0 Å². The van der Waals surface area contributed by atoms with Gasteiger partial charge in [-0.05, 0) is 38.0 Å². The van der Waals surface area contributed by atoms with Crippen LogP contribution in [0.4, 0.5) is 0 Å². The molecule has 0 fully saturated rings. The Morgan fingerprint density at radius 1 is 1.14 bits per heavy atom. The lowest BCUT2D eigenvalue weighted by atomic mass is 10.0. The maximum Gasteiger partial charge on any atom is 0.311 e. The van der Waals surface area contributed by atoms with Gasteiger partial charge in [-0.1, -0.05) is 24.3 Å². The second-order valence-corrected chi connectivity index (χ2v) is 5.35. The standard InChI is InChI=1S/C18H21NO3/c1-5-22-16(20)11-14-10-13(3)17(19(14)4)18(21)15-9-7-6-8-12(15)2/h6-10H,5,11H2,1-4H3. The van der Waals surface area contributed by atoms with Crippen LogP contribution in [0.3, 0.4) is 0 Å². The first-order valence-corrected chi connectivity index (χ1v) is 7.36. The van der Waals surface area contributed by atoms with E-state index in [1.165, 1.54) is 0 Å². The van der Waals surface area contributed by atoms with E-state index in [1.807, 2.05) is 51.2 Å². The van der Waals surface area contributed by atoms with Crippen LogP contribution in [0.5, 0.6) is 0 Å². The molecular formula is C18H21NO3. The Morgan fingerprint density at radius 2 is 1.82 bits per heavy atom. The zero-order chi connectivity index (χ0) is 16.3. The number of carbonyl (C=O) groups excluding carboxylic acids is 2. The van der Waals surface area contributed by atoms with Crippen molar-refractivity contribution < 1.29 is 14.3 Å². The summed E-state index contributed by atoms with van der Waals surface area (Å²) in [5.74, 6) is -0.300. The van der Waals surface area contributed by atoms with Gasteiger partial charge in [0, 0.05) is 18.3 Å². The van der Waals surface area contributed by atoms with E-state index in [0.29, 0.717) is 17.9 Å². The molecule has 4 nitrogen and oxygen atoms in total. The Kier molecular flexibility index (Phi) is 4.81. The molecule has 0 unspecified atom stereocenters. The summed E-state index contributed by atoms with van der Waals surface area (Å²) in [7, 11) is 1.81. The molecule has 0 atom stereocenters. The van der Waals surface area contributed by atoms with Crippen LogP contribution < -0.4 is 0 Å². The highest BCUT2D eigenvalue weighted by Gasteiger charge is 2.20. The number of aryl methyl sites for hydroxylation is 2. The Hall–Kier alpha value is -2.36. The molecule has 0 saturated carbocycles. The molecule has 0 bridgehead atoms. The zero-order valence-electron chi connectivity index (χ0n) is 13.5. The lowest BCUT2D eigenvalue weighted by Crippen LogP contribution is -2.14. The quantitative estimate of drug-likeness (QED) is 0.630. The molecule has 0 N–H and O–H groups in total. The van der Waals surface area contributed by atoms with Crippen molar-refractivity contribution in [3.05, 3.63) is 58.4 Å². The molecular weight excluding hydrogens is 278 g/mol. The maximum atomic E-state index is 12.8. The summed E-state index contributed by atoms with van der Waals surface area (Å²) in [5, 5.41) is 0. The van der Waals surface area contributed by atoms with Gasteiger partial charge < -0.3 is 9.30 Å². The molecule has 1 aromatic carbocycles. The van der Waals surface area contributed by atoms with Gasteiger partial charge >= 0.3 is 5.97 Å². The molecule has 4 heteroatoms. The summed E-state index contributed by atoms with van der Waals surface area (Å²) < 4.78 is 6.77. The van der Waals surface area contributed by atoms with Gasteiger partial charge in [-0.25, -0.2) is 0 Å². The lowest BCUT2D eigenvalue weighted by molar-refractivity contribution is -0.142. The minimum Gasteiger partial charge on any atom is -0.466 e. The van der Waals surface area contributed by atoms with E-state index >= 15 is 0 Å². The van der Waals surface area contributed by atoms with Gasteiger partial charge in [-0.2, -0.15) is 0 Å². The third-order valence-corrected chi connectivity index (χ3v) is 3.76. The lowest BCUT2D eigenvalue weighted by Gasteiger charge is -2.09. The first-order chi connectivity index (χ1) is 10.5. The fraction of sp³-hybridized carbons (Fsp3) is 0.333. The molecule has 2 aromatic rings. The highest BCUT2D eigenvalue weighted by Crippen LogP contribution is 2.20. The smallest absolute Gasteiger partial charge is 0.311 e. The predicted octanol–water partition coefficient (Wildman–Crippen LogP) is 2.98. The molecule has 1 heterocycles. The van der Waals surface area contributed by atoms with E-state index in [-0.39, 0.29) is 18.2 Å². The van der Waals surface area contributed by atoms with Gasteiger partial charge in [-0.15, -0.1) is 0 Å². The van der Waals surface area contributed by atoms with Crippen molar-refractivity contribution in [1.82, 2.24) is 4.57 Å². The highest BCUT2D eigenvalue weighted by molar-refractivity contribution is 6.10. The molecule has 0 aliphatic rings. The van der Waals surface area contributed by atoms with Crippen LogP contribution in [0.15, 0.2) is 30.3 Å². The summed E-state index contributed by atoms with van der Waals surface area (Å²) >= 11 is 0. The fourth-order valence-corrected chi connectivity index (χ4v) is 2.64. The summed E-state index contributed by atoms with van der Waals surface area (Å²) in [4.78, 5) is 24.5. The molecule has 0 spiro atoms. The molecule has 22 heavy (non-hydrogen) atoms. The zero-order valence-corrected chi connectivity index (χ0v) is 13.5. The van der Waals surface area contributed by atoms with Gasteiger partial charge in [0.1, 0.15) is 0 Å². The first kappa shape index (κ1) is 16.0. The SMILES string of the molecule is CCOC(=O)Cc1cc(C)c(C(=O)c2ccccc2C)n1C. The number of ether oxygens (including phenoxy) is 1. The van der Waals surface area contributed by atoms with Crippen molar-refractivity contribution in [1.29, 1.82) is 0 Å². The van der Waals surface area contributed by atoms with Gasteiger partial charge in [0.2, 0.25) is 5.78 Å². The molecule has 116 valence electrons. The van der Waals surface area contributed by atoms with Gasteiger partial charge in [0.15, 0.2) is 0 Å². The number of carbonyl (C=O) groups is 2. The summed E-state index contributed by atoms with van der Waals surface area (Å²) in [6, 6.07) is 9.40. The topological polar surface area (TPSA) is 48.3 Å². The average molecular weight is 299 g/mol. The number of esters is 1. The third-order valence-electron chi connectivity index (χ3n) is 3.76. The van der Waals surface area contributed by atoms with E-state index in [9.17, 15) is 9.59 Å². The number of nitrogens with zero attached hydrogens (tertiary/aromatic N) is 1. The van der Waals surface area contributed by atoms with Crippen LogP contribution in [0, 0.1) is 13.8 Å². The predicted molar refractivity (Wildman–Crippen MR) is 85.1 cm³/mol. The second-order valence-electron chi connectivity index (χ2n) is 5.35. The number of hydrogen-bond donors (Lipinski definition) is 0.